The van der Waals surface area contributed by atoms with Crippen LogP contribution < -0.4 is 0 Å². The molecule has 1 saturated carbocycles. The second-order valence-electron chi connectivity index (χ2n) is 6.96. The van der Waals surface area contributed by atoms with Gasteiger partial charge >= 0.3 is 0 Å². The standard InChI is InChI=1S/C16H20ClNO2/c1-9-5-11-12-3-2-4-18-8-10(17)6-13(15(20)14(11)19)16(12,18)7-9/h6,9,11-12,20H,2-5,7-8H2,1H3/t9-,11-,12-,16-/m1/s1. The molecule has 4 rings (SSSR count). The SMILES string of the molecule is C[C@@H]1C[C@H]2C(=O)C(O)=C3C=C(Cl)CN4CCC[C@H]2[C@]34C1. The van der Waals surface area contributed by atoms with E-state index in [4.69, 9.17) is 11.6 Å². The molecular weight excluding hydrogens is 274 g/mol. The first-order valence-corrected chi connectivity index (χ1v) is 8.01. The van der Waals surface area contributed by atoms with Gasteiger partial charge < -0.3 is 5.11 Å². The van der Waals surface area contributed by atoms with Gasteiger partial charge in [0.15, 0.2) is 5.76 Å². The molecule has 0 amide bonds. The van der Waals surface area contributed by atoms with Crippen molar-refractivity contribution in [3.05, 3.63) is 22.4 Å². The van der Waals surface area contributed by atoms with E-state index >= 15 is 0 Å². The van der Waals surface area contributed by atoms with Gasteiger partial charge in [0.25, 0.3) is 0 Å². The van der Waals surface area contributed by atoms with Crippen LogP contribution in [0, 0.1) is 17.8 Å². The average Bonchev–Trinajstić information content (AvgIpc) is 2.41. The predicted molar refractivity (Wildman–Crippen MR) is 77.5 cm³/mol. The molecule has 3 nitrogen and oxygen atoms in total. The molecular formula is C16H20ClNO2. The Kier molecular flexibility index (Phi) is 2.65. The zero-order valence-corrected chi connectivity index (χ0v) is 12.5. The molecule has 1 saturated heterocycles. The Hall–Kier alpha value is -0.800. The minimum atomic E-state index is -0.128. The van der Waals surface area contributed by atoms with Crippen molar-refractivity contribution in [2.45, 2.75) is 38.1 Å². The maximum atomic E-state index is 12.5. The predicted octanol–water partition coefficient (Wildman–Crippen LogP) is 3.01. The first-order chi connectivity index (χ1) is 9.54. The number of hydrogen-bond donors (Lipinski definition) is 1. The van der Waals surface area contributed by atoms with E-state index in [9.17, 15) is 9.90 Å². The summed E-state index contributed by atoms with van der Waals surface area (Å²) in [5, 5.41) is 11.2. The molecule has 2 heterocycles. The van der Waals surface area contributed by atoms with Gasteiger partial charge in [0.2, 0.25) is 5.78 Å². The third-order valence-corrected chi connectivity index (χ3v) is 6.09. The van der Waals surface area contributed by atoms with E-state index in [1.807, 2.05) is 6.08 Å². The lowest BCUT2D eigenvalue weighted by atomic mass is 9.52. The van der Waals surface area contributed by atoms with Crippen molar-refractivity contribution in [3.63, 3.8) is 0 Å². The summed E-state index contributed by atoms with van der Waals surface area (Å²) < 4.78 is 0. The molecule has 2 aliphatic heterocycles. The first-order valence-electron chi connectivity index (χ1n) is 7.63. The summed E-state index contributed by atoms with van der Waals surface area (Å²) in [5.74, 6) is 0.844. The van der Waals surface area contributed by atoms with Gasteiger partial charge in [-0.25, -0.2) is 0 Å². The third-order valence-electron chi connectivity index (χ3n) is 5.86. The number of aliphatic hydroxyl groups is 1. The molecule has 0 aromatic carbocycles. The molecule has 2 bridgehead atoms. The summed E-state index contributed by atoms with van der Waals surface area (Å²) >= 11 is 6.27. The molecule has 1 spiro atoms. The van der Waals surface area contributed by atoms with Gasteiger partial charge in [-0.2, -0.15) is 0 Å². The Balaban J connectivity index is 1.99. The second-order valence-corrected chi connectivity index (χ2v) is 7.45. The summed E-state index contributed by atoms with van der Waals surface area (Å²) in [6.45, 7) is 4.02. The highest BCUT2D eigenvalue weighted by molar-refractivity contribution is 6.30. The molecule has 1 N–H and O–H groups in total. The summed E-state index contributed by atoms with van der Waals surface area (Å²) in [6.07, 6.45) is 6.07. The van der Waals surface area contributed by atoms with Crippen LogP contribution in [0.4, 0.5) is 0 Å². The van der Waals surface area contributed by atoms with Crippen LogP contribution in [0.15, 0.2) is 22.4 Å². The van der Waals surface area contributed by atoms with E-state index in [1.165, 1.54) is 0 Å². The number of rotatable bonds is 0. The van der Waals surface area contributed by atoms with E-state index in [2.05, 4.69) is 11.8 Å². The fourth-order valence-electron chi connectivity index (χ4n) is 5.28. The lowest BCUT2D eigenvalue weighted by Crippen LogP contribution is -2.67. The van der Waals surface area contributed by atoms with Crippen LogP contribution in [0.1, 0.15) is 32.6 Å². The Morgan fingerprint density at radius 2 is 2.30 bits per heavy atom. The zero-order chi connectivity index (χ0) is 14.1. The fraction of sp³-hybridized carbons (Fsp3) is 0.688. The summed E-state index contributed by atoms with van der Waals surface area (Å²) in [6, 6.07) is 0. The summed E-state index contributed by atoms with van der Waals surface area (Å²) in [5.41, 5.74) is 0.683. The number of nitrogens with zero attached hydrogens (tertiary/aromatic N) is 1. The maximum absolute atomic E-state index is 12.5. The number of carbonyl (C=O) groups is 1. The topological polar surface area (TPSA) is 40.5 Å². The van der Waals surface area contributed by atoms with Crippen LogP contribution in [0.3, 0.4) is 0 Å². The highest BCUT2D eigenvalue weighted by Crippen LogP contribution is 2.58. The van der Waals surface area contributed by atoms with Crippen molar-refractivity contribution in [3.8, 4) is 0 Å². The first kappa shape index (κ1) is 12.9. The number of ketones is 1. The van der Waals surface area contributed by atoms with Gasteiger partial charge in [-0.1, -0.05) is 18.5 Å². The lowest BCUT2D eigenvalue weighted by Gasteiger charge is -2.62. The molecule has 20 heavy (non-hydrogen) atoms. The van der Waals surface area contributed by atoms with Crippen LogP contribution in [0.25, 0.3) is 0 Å². The minimum Gasteiger partial charge on any atom is -0.504 e. The highest BCUT2D eigenvalue weighted by Gasteiger charge is 2.61. The Morgan fingerprint density at radius 1 is 1.50 bits per heavy atom. The average molecular weight is 294 g/mol. The van der Waals surface area contributed by atoms with Gasteiger partial charge in [-0.05, 0) is 50.1 Å². The second kappa shape index (κ2) is 4.11. The van der Waals surface area contributed by atoms with Gasteiger partial charge in [0.1, 0.15) is 0 Å². The van der Waals surface area contributed by atoms with Crippen LogP contribution in [-0.4, -0.2) is 34.4 Å². The number of piperidine rings is 1. The smallest absolute Gasteiger partial charge is 0.200 e. The van der Waals surface area contributed by atoms with E-state index in [-0.39, 0.29) is 23.0 Å². The molecule has 4 atom stereocenters. The molecule has 0 unspecified atom stereocenters. The van der Waals surface area contributed by atoms with E-state index < -0.39 is 0 Å². The van der Waals surface area contributed by atoms with Crippen molar-refractivity contribution in [2.75, 3.05) is 13.1 Å². The van der Waals surface area contributed by atoms with E-state index in [0.29, 0.717) is 11.8 Å². The number of aliphatic hydroxyl groups excluding tert-OH is 1. The zero-order valence-electron chi connectivity index (χ0n) is 11.7. The fourth-order valence-corrected chi connectivity index (χ4v) is 5.54. The number of hydrogen-bond acceptors (Lipinski definition) is 3. The van der Waals surface area contributed by atoms with Gasteiger partial charge in [0, 0.05) is 23.1 Å². The summed E-state index contributed by atoms with van der Waals surface area (Å²) in [7, 11) is 0. The van der Waals surface area contributed by atoms with Gasteiger partial charge in [-0.3, -0.25) is 9.69 Å². The van der Waals surface area contributed by atoms with Gasteiger partial charge in [0.05, 0.1) is 5.54 Å². The van der Waals surface area contributed by atoms with Crippen LogP contribution in [0.2, 0.25) is 0 Å². The Labute approximate surface area is 124 Å². The molecule has 0 aromatic rings. The quantitative estimate of drug-likeness (QED) is 0.746. The minimum absolute atomic E-state index is 0.00979. The van der Waals surface area contributed by atoms with E-state index in [1.54, 1.807) is 0 Å². The van der Waals surface area contributed by atoms with Crippen LogP contribution in [0.5, 0.6) is 0 Å². The van der Waals surface area contributed by atoms with Crippen molar-refractivity contribution in [1.82, 2.24) is 4.90 Å². The maximum Gasteiger partial charge on any atom is 0.200 e. The van der Waals surface area contributed by atoms with Crippen molar-refractivity contribution < 1.29 is 9.90 Å². The van der Waals surface area contributed by atoms with Crippen LogP contribution >= 0.6 is 11.6 Å². The normalized spacial score (nSPS) is 44.2. The molecule has 2 fully saturated rings. The molecule has 2 aliphatic carbocycles. The number of halogens is 1. The number of Topliss-reactive ketones (excluding diaryl/α,β-unsaturated/α-hetero) is 1. The van der Waals surface area contributed by atoms with E-state index in [0.717, 1.165) is 49.4 Å². The summed E-state index contributed by atoms with van der Waals surface area (Å²) in [4.78, 5) is 15.0. The Morgan fingerprint density at radius 3 is 3.10 bits per heavy atom. The molecule has 4 heteroatoms. The van der Waals surface area contributed by atoms with Crippen molar-refractivity contribution >= 4 is 17.4 Å². The highest BCUT2D eigenvalue weighted by atomic mass is 35.5. The van der Waals surface area contributed by atoms with Crippen molar-refractivity contribution in [1.29, 1.82) is 0 Å². The van der Waals surface area contributed by atoms with Gasteiger partial charge in [-0.15, -0.1) is 0 Å². The Bertz CT molecular complexity index is 553. The van der Waals surface area contributed by atoms with Crippen LogP contribution in [-0.2, 0) is 4.79 Å². The lowest BCUT2D eigenvalue weighted by molar-refractivity contribution is -0.136. The number of allylic oxidation sites excluding steroid dienone is 1. The largest absolute Gasteiger partial charge is 0.504 e. The van der Waals surface area contributed by atoms with Crippen molar-refractivity contribution in [2.24, 2.45) is 17.8 Å². The monoisotopic (exact) mass is 293 g/mol. The molecule has 108 valence electrons. The molecule has 0 aromatic heterocycles. The number of carbonyl (C=O) groups excluding carboxylic acids is 1. The molecule has 4 aliphatic rings. The molecule has 0 radical (unpaired) electrons. The third kappa shape index (κ3) is 1.43.